The predicted octanol–water partition coefficient (Wildman–Crippen LogP) is 1.36. The molecule has 0 amide bonds. The summed E-state index contributed by atoms with van der Waals surface area (Å²) in [6.07, 6.45) is 0. The number of aryl methyl sites for hydroxylation is 1. The zero-order chi connectivity index (χ0) is 14.9. The van der Waals surface area contributed by atoms with Gasteiger partial charge in [0.15, 0.2) is 5.69 Å². The van der Waals surface area contributed by atoms with Crippen LogP contribution in [0.15, 0.2) is 29.2 Å². The average molecular weight is 299 g/mol. The number of aromatic amines is 1. The van der Waals surface area contributed by atoms with Gasteiger partial charge in [-0.15, -0.1) is 0 Å². The molecule has 0 aliphatic carbocycles. The molecule has 9 heteroatoms. The number of rotatable bonds is 4. The van der Waals surface area contributed by atoms with E-state index in [1.165, 1.54) is 25.1 Å². The smallest absolute Gasteiger partial charge is 0.357 e. The van der Waals surface area contributed by atoms with Crippen LogP contribution in [0.5, 0.6) is 0 Å². The number of nitrogens with zero attached hydrogens (tertiary/aromatic N) is 1. The van der Waals surface area contributed by atoms with Crippen LogP contribution in [-0.2, 0) is 10.0 Å². The van der Waals surface area contributed by atoms with E-state index >= 15 is 0 Å². The number of carbonyl (C=O) groups is 1. The second-order valence-electron chi connectivity index (χ2n) is 3.92. The number of aromatic nitrogens is 2. The molecular weight excluding hydrogens is 289 g/mol. The first kappa shape index (κ1) is 14.0. The number of anilines is 1. The monoisotopic (exact) mass is 299 g/mol. The van der Waals surface area contributed by atoms with Crippen LogP contribution >= 0.6 is 0 Å². The normalized spacial score (nSPS) is 11.3. The summed E-state index contributed by atoms with van der Waals surface area (Å²) in [6.45, 7) is 1.36. The minimum absolute atomic E-state index is 0.0474. The van der Waals surface area contributed by atoms with Crippen molar-refractivity contribution < 1.29 is 22.7 Å². The molecule has 0 bridgehead atoms. The van der Waals surface area contributed by atoms with Gasteiger partial charge < -0.3 is 5.11 Å². The highest BCUT2D eigenvalue weighted by molar-refractivity contribution is 7.92. The predicted molar refractivity (Wildman–Crippen MR) is 67.5 cm³/mol. The summed E-state index contributed by atoms with van der Waals surface area (Å²) >= 11 is 0. The van der Waals surface area contributed by atoms with E-state index in [9.17, 15) is 17.6 Å². The summed E-state index contributed by atoms with van der Waals surface area (Å²) in [7, 11) is -4.26. The largest absolute Gasteiger partial charge is 0.476 e. The van der Waals surface area contributed by atoms with Crippen LogP contribution in [0.4, 0.5) is 10.1 Å². The molecule has 1 heterocycles. The fourth-order valence-corrected chi connectivity index (χ4v) is 3.03. The molecular formula is C11H10FN3O4S. The van der Waals surface area contributed by atoms with Gasteiger partial charge in [0, 0.05) is 0 Å². The Labute approximate surface area is 113 Å². The Morgan fingerprint density at radius 3 is 2.65 bits per heavy atom. The molecule has 1 aromatic carbocycles. The molecule has 1 aromatic heterocycles. The highest BCUT2D eigenvalue weighted by Crippen LogP contribution is 2.22. The fourth-order valence-electron chi connectivity index (χ4n) is 1.63. The van der Waals surface area contributed by atoms with Crippen molar-refractivity contribution in [3.8, 4) is 0 Å². The van der Waals surface area contributed by atoms with Crippen molar-refractivity contribution in [1.82, 2.24) is 10.2 Å². The van der Waals surface area contributed by atoms with Crippen molar-refractivity contribution in [2.45, 2.75) is 11.8 Å². The maximum absolute atomic E-state index is 13.5. The molecule has 0 saturated carbocycles. The number of hydrogen-bond acceptors (Lipinski definition) is 4. The molecule has 2 aromatic rings. The molecule has 0 atom stereocenters. The number of sulfonamides is 1. The molecule has 20 heavy (non-hydrogen) atoms. The lowest BCUT2D eigenvalue weighted by molar-refractivity contribution is 0.0686. The van der Waals surface area contributed by atoms with E-state index in [2.05, 4.69) is 10.2 Å². The van der Waals surface area contributed by atoms with E-state index in [-0.39, 0.29) is 11.4 Å². The van der Waals surface area contributed by atoms with Crippen molar-refractivity contribution >= 4 is 21.7 Å². The van der Waals surface area contributed by atoms with Crippen molar-refractivity contribution in [1.29, 1.82) is 0 Å². The van der Waals surface area contributed by atoms with E-state index in [0.717, 1.165) is 6.07 Å². The van der Waals surface area contributed by atoms with Gasteiger partial charge in [0.2, 0.25) is 0 Å². The minimum Gasteiger partial charge on any atom is -0.476 e. The second-order valence-corrected chi connectivity index (χ2v) is 5.54. The van der Waals surface area contributed by atoms with Gasteiger partial charge in [-0.05, 0) is 19.1 Å². The third kappa shape index (κ3) is 2.48. The van der Waals surface area contributed by atoms with Gasteiger partial charge in [-0.25, -0.2) is 17.6 Å². The topological polar surface area (TPSA) is 112 Å². The van der Waals surface area contributed by atoms with Crippen LogP contribution < -0.4 is 4.72 Å². The van der Waals surface area contributed by atoms with E-state index in [1.54, 1.807) is 0 Å². The van der Waals surface area contributed by atoms with Gasteiger partial charge in [0.05, 0.1) is 11.4 Å². The number of carboxylic acid groups (broad SMARTS) is 1. The number of para-hydroxylation sites is 1. The van der Waals surface area contributed by atoms with E-state index in [4.69, 9.17) is 5.11 Å². The number of carboxylic acids is 1. The molecule has 106 valence electrons. The number of nitrogens with one attached hydrogen (secondary N) is 2. The maximum Gasteiger partial charge on any atom is 0.357 e. The van der Waals surface area contributed by atoms with Crippen LogP contribution in [-0.4, -0.2) is 29.7 Å². The summed E-state index contributed by atoms with van der Waals surface area (Å²) < 4.78 is 39.8. The Kier molecular flexibility index (Phi) is 3.45. The Morgan fingerprint density at radius 2 is 2.05 bits per heavy atom. The Balaban J connectivity index is 2.49. The molecule has 0 spiro atoms. The van der Waals surface area contributed by atoms with Gasteiger partial charge in [0.1, 0.15) is 10.7 Å². The molecule has 0 saturated heterocycles. The van der Waals surface area contributed by atoms with E-state index in [1.807, 2.05) is 4.72 Å². The Hall–Kier alpha value is -2.42. The van der Waals surface area contributed by atoms with E-state index < -0.39 is 32.4 Å². The van der Waals surface area contributed by atoms with Gasteiger partial charge in [-0.2, -0.15) is 5.10 Å². The lowest BCUT2D eigenvalue weighted by atomic mass is 10.3. The lowest BCUT2D eigenvalue weighted by Gasteiger charge is -2.08. The first-order chi connectivity index (χ1) is 9.33. The van der Waals surface area contributed by atoms with Crippen molar-refractivity contribution in [2.75, 3.05) is 4.72 Å². The van der Waals surface area contributed by atoms with E-state index in [0.29, 0.717) is 0 Å². The molecule has 2 rings (SSSR count). The number of H-pyrrole nitrogens is 1. The first-order valence-electron chi connectivity index (χ1n) is 5.38. The average Bonchev–Trinajstić information content (AvgIpc) is 2.75. The van der Waals surface area contributed by atoms with Crippen LogP contribution in [0, 0.1) is 12.7 Å². The van der Waals surface area contributed by atoms with Crippen molar-refractivity contribution in [3.63, 3.8) is 0 Å². The van der Waals surface area contributed by atoms with Gasteiger partial charge in [-0.1, -0.05) is 12.1 Å². The zero-order valence-corrected chi connectivity index (χ0v) is 11.0. The summed E-state index contributed by atoms with van der Waals surface area (Å²) in [5, 5.41) is 14.6. The molecule has 3 N–H and O–H groups in total. The summed E-state index contributed by atoms with van der Waals surface area (Å²) in [4.78, 5) is 10.4. The van der Waals surface area contributed by atoms with Crippen molar-refractivity contribution in [3.05, 3.63) is 41.5 Å². The first-order valence-corrected chi connectivity index (χ1v) is 6.87. The molecule has 0 radical (unpaired) electrons. The quantitative estimate of drug-likeness (QED) is 0.789. The number of halogens is 1. The molecule has 7 nitrogen and oxygen atoms in total. The number of benzene rings is 1. The van der Waals surface area contributed by atoms with Crippen molar-refractivity contribution in [2.24, 2.45) is 0 Å². The van der Waals surface area contributed by atoms with Gasteiger partial charge in [0.25, 0.3) is 10.0 Å². The third-order valence-corrected chi connectivity index (χ3v) is 4.01. The highest BCUT2D eigenvalue weighted by Gasteiger charge is 2.28. The summed E-state index contributed by atoms with van der Waals surface area (Å²) in [6, 6.07) is 5.15. The molecule has 0 fully saturated rings. The summed E-state index contributed by atoms with van der Waals surface area (Å²) in [5.74, 6) is -2.27. The highest BCUT2D eigenvalue weighted by atomic mass is 32.2. The van der Waals surface area contributed by atoms with Crippen LogP contribution in [0.1, 0.15) is 16.2 Å². The van der Waals surface area contributed by atoms with Crippen LogP contribution in [0.2, 0.25) is 0 Å². The van der Waals surface area contributed by atoms with Crippen LogP contribution in [0.25, 0.3) is 0 Å². The number of aromatic carboxylic acids is 1. The SMILES string of the molecule is Cc1[nH]nc(C(=O)O)c1S(=O)(=O)Nc1ccccc1F. The van der Waals surface area contributed by atoms with Gasteiger partial charge >= 0.3 is 5.97 Å². The van der Waals surface area contributed by atoms with Gasteiger partial charge in [-0.3, -0.25) is 9.82 Å². The fraction of sp³-hybridized carbons (Fsp3) is 0.0909. The summed E-state index contributed by atoms with van der Waals surface area (Å²) in [5.41, 5.74) is -0.873. The molecule has 0 aliphatic heterocycles. The molecule has 0 unspecified atom stereocenters. The third-order valence-electron chi connectivity index (χ3n) is 2.48. The zero-order valence-electron chi connectivity index (χ0n) is 10.2. The maximum atomic E-state index is 13.5. The number of hydrogen-bond donors (Lipinski definition) is 3. The Bertz CT molecular complexity index is 770. The minimum atomic E-state index is -4.26. The van der Waals surface area contributed by atoms with Crippen LogP contribution in [0.3, 0.4) is 0 Å². The Morgan fingerprint density at radius 1 is 1.40 bits per heavy atom. The standard InChI is InChI=1S/C11H10FN3O4S/c1-6-10(9(11(16)17)14-13-6)20(18,19)15-8-5-3-2-4-7(8)12/h2-5,15H,1H3,(H,13,14)(H,16,17). The molecule has 0 aliphatic rings. The lowest BCUT2D eigenvalue weighted by Crippen LogP contribution is -2.17. The second kappa shape index (κ2) is 4.93.